The van der Waals surface area contributed by atoms with Gasteiger partial charge in [0.2, 0.25) is 6.54 Å². The molecule has 0 saturated carbocycles. The first-order valence-electron chi connectivity index (χ1n) is 3.58. The molecule has 0 aliphatic rings. The van der Waals surface area contributed by atoms with Gasteiger partial charge in [0.25, 0.3) is 0 Å². The molecule has 0 aromatic heterocycles. The Morgan fingerprint density at radius 2 is 2.20 bits per heavy atom. The van der Waals surface area contributed by atoms with Crippen LogP contribution >= 0.6 is 0 Å². The Balaban J connectivity index is 3.06. The van der Waals surface area contributed by atoms with Crippen LogP contribution in [0.5, 0.6) is 0 Å². The molecule has 0 aromatic rings. The average molecular weight is 142 g/mol. The molecular weight excluding hydrogens is 128 g/mol. The molecule has 3 nitrogen and oxygen atoms in total. The molecule has 0 radical (unpaired) electrons. The number of hydrogen-bond acceptors (Lipinski definition) is 2. The van der Waals surface area contributed by atoms with Crippen molar-refractivity contribution in [1.29, 1.82) is 0 Å². The van der Waals surface area contributed by atoms with E-state index >= 15 is 0 Å². The van der Waals surface area contributed by atoms with Crippen LogP contribution in [0.2, 0.25) is 0 Å². The van der Waals surface area contributed by atoms with Crippen LogP contribution in [-0.4, -0.2) is 29.9 Å². The fraction of sp³-hybridized carbons (Fsp3) is 0.857. The molecule has 0 rings (SSSR count). The van der Waals surface area contributed by atoms with Gasteiger partial charge < -0.3 is 10.1 Å². The van der Waals surface area contributed by atoms with Gasteiger partial charge >= 0.3 is 0 Å². The van der Waals surface area contributed by atoms with Gasteiger partial charge in [-0.05, 0) is 6.42 Å². The SMILES string of the molecule is [C-]#[N+]CCCN(O)CCC. The predicted octanol–water partition coefficient (Wildman–Crippen LogP) is 1.40. The third-order valence-corrected chi connectivity index (χ3v) is 1.17. The molecule has 0 spiro atoms. The molecule has 0 aliphatic carbocycles. The van der Waals surface area contributed by atoms with Gasteiger partial charge in [-0.3, -0.25) is 0 Å². The predicted molar refractivity (Wildman–Crippen MR) is 39.7 cm³/mol. The van der Waals surface area contributed by atoms with Crippen molar-refractivity contribution in [3.8, 4) is 0 Å². The van der Waals surface area contributed by atoms with E-state index in [1.807, 2.05) is 6.92 Å². The molecule has 3 heteroatoms. The van der Waals surface area contributed by atoms with Gasteiger partial charge in [0.15, 0.2) is 0 Å². The third kappa shape index (κ3) is 5.54. The van der Waals surface area contributed by atoms with Gasteiger partial charge in [-0.15, -0.1) is 0 Å². The van der Waals surface area contributed by atoms with E-state index < -0.39 is 0 Å². The first kappa shape index (κ1) is 9.41. The largest absolute Gasteiger partial charge is 0.317 e. The summed E-state index contributed by atoms with van der Waals surface area (Å²) in [6.07, 6.45) is 1.72. The van der Waals surface area contributed by atoms with Gasteiger partial charge in [0.1, 0.15) is 0 Å². The normalized spacial score (nSPS) is 9.80. The lowest BCUT2D eigenvalue weighted by Crippen LogP contribution is -2.21. The molecule has 0 fully saturated rings. The Labute approximate surface area is 62.0 Å². The highest BCUT2D eigenvalue weighted by Gasteiger charge is 1.97. The standard InChI is InChI=1S/C7H14N2O/c1-3-6-9(10)7-4-5-8-2/h10H,3-7H2,1H3. The first-order valence-corrected chi connectivity index (χ1v) is 3.58. The minimum Gasteiger partial charge on any atom is -0.317 e. The van der Waals surface area contributed by atoms with Crippen molar-refractivity contribution in [1.82, 2.24) is 5.06 Å². The molecule has 1 N–H and O–H groups in total. The van der Waals surface area contributed by atoms with E-state index in [2.05, 4.69) is 4.85 Å². The fourth-order valence-electron chi connectivity index (χ4n) is 0.702. The van der Waals surface area contributed by atoms with Crippen LogP contribution in [0.1, 0.15) is 19.8 Å². The lowest BCUT2D eigenvalue weighted by atomic mass is 10.4. The average Bonchev–Trinajstić information content (AvgIpc) is 1.89. The monoisotopic (exact) mass is 142 g/mol. The first-order chi connectivity index (χ1) is 4.81. The number of hydroxylamine groups is 2. The Bertz CT molecular complexity index is 109. The molecule has 0 bridgehead atoms. The summed E-state index contributed by atoms with van der Waals surface area (Å²) in [5.74, 6) is 0. The Morgan fingerprint density at radius 1 is 1.50 bits per heavy atom. The Morgan fingerprint density at radius 3 is 2.70 bits per heavy atom. The maximum Gasteiger partial charge on any atom is 0.216 e. The summed E-state index contributed by atoms with van der Waals surface area (Å²) in [6, 6.07) is 0. The van der Waals surface area contributed by atoms with Crippen LogP contribution in [0, 0.1) is 6.57 Å². The minimum absolute atomic E-state index is 0.515. The smallest absolute Gasteiger partial charge is 0.216 e. The molecule has 0 unspecified atom stereocenters. The van der Waals surface area contributed by atoms with Crippen molar-refractivity contribution in [2.45, 2.75) is 19.8 Å². The molecule has 0 atom stereocenters. The van der Waals surface area contributed by atoms with Crippen LogP contribution in [0.15, 0.2) is 0 Å². The summed E-state index contributed by atoms with van der Waals surface area (Å²) in [7, 11) is 0. The number of nitrogens with zero attached hydrogens (tertiary/aromatic N) is 2. The maximum atomic E-state index is 9.01. The summed E-state index contributed by atoms with van der Waals surface area (Å²) in [4.78, 5) is 3.18. The summed E-state index contributed by atoms with van der Waals surface area (Å²) >= 11 is 0. The topological polar surface area (TPSA) is 27.8 Å². The van der Waals surface area contributed by atoms with Crippen LogP contribution < -0.4 is 0 Å². The van der Waals surface area contributed by atoms with Gasteiger partial charge in [-0.1, -0.05) is 6.92 Å². The number of rotatable bonds is 5. The molecule has 0 aromatic carbocycles. The third-order valence-electron chi connectivity index (χ3n) is 1.17. The molecule has 58 valence electrons. The second-order valence-electron chi connectivity index (χ2n) is 2.19. The van der Waals surface area contributed by atoms with E-state index in [0.29, 0.717) is 19.6 Å². The Kier molecular flexibility index (Phi) is 6.14. The molecule has 0 heterocycles. The minimum atomic E-state index is 0.515. The van der Waals surface area contributed by atoms with Gasteiger partial charge in [0.05, 0.1) is 0 Å². The van der Waals surface area contributed by atoms with E-state index in [-0.39, 0.29) is 0 Å². The quantitative estimate of drug-likeness (QED) is 0.357. The zero-order valence-corrected chi connectivity index (χ0v) is 6.38. The molecule has 0 amide bonds. The fourth-order valence-corrected chi connectivity index (χ4v) is 0.702. The van der Waals surface area contributed by atoms with Gasteiger partial charge in [0, 0.05) is 19.5 Å². The van der Waals surface area contributed by atoms with Crippen molar-refractivity contribution in [3.05, 3.63) is 11.4 Å². The second kappa shape index (κ2) is 6.53. The highest BCUT2D eigenvalue weighted by atomic mass is 16.5. The molecular formula is C7H14N2O. The van der Waals surface area contributed by atoms with Crippen molar-refractivity contribution in [2.24, 2.45) is 0 Å². The van der Waals surface area contributed by atoms with Crippen molar-refractivity contribution < 1.29 is 5.21 Å². The summed E-state index contributed by atoms with van der Waals surface area (Å²) < 4.78 is 0. The zero-order chi connectivity index (χ0) is 7.82. The van der Waals surface area contributed by atoms with Gasteiger partial charge in [-0.25, -0.2) is 6.57 Å². The summed E-state index contributed by atoms with van der Waals surface area (Å²) in [5, 5.41) is 10.3. The van der Waals surface area contributed by atoms with Crippen LogP contribution in [0.3, 0.4) is 0 Å². The van der Waals surface area contributed by atoms with E-state index in [9.17, 15) is 0 Å². The highest BCUT2D eigenvalue weighted by Crippen LogP contribution is 1.89. The molecule has 0 aliphatic heterocycles. The van der Waals surface area contributed by atoms with Crippen molar-refractivity contribution >= 4 is 0 Å². The zero-order valence-electron chi connectivity index (χ0n) is 6.38. The highest BCUT2D eigenvalue weighted by molar-refractivity contribution is 4.58. The van der Waals surface area contributed by atoms with Crippen LogP contribution in [0.25, 0.3) is 4.85 Å². The van der Waals surface area contributed by atoms with Crippen LogP contribution in [0.4, 0.5) is 0 Å². The lowest BCUT2D eigenvalue weighted by Gasteiger charge is -2.10. The summed E-state index contributed by atoms with van der Waals surface area (Å²) in [5.41, 5.74) is 0. The van der Waals surface area contributed by atoms with E-state index in [1.54, 1.807) is 0 Å². The Hall–Kier alpha value is -0.590. The van der Waals surface area contributed by atoms with Crippen molar-refractivity contribution in [2.75, 3.05) is 19.6 Å². The van der Waals surface area contributed by atoms with E-state index in [0.717, 1.165) is 12.8 Å². The van der Waals surface area contributed by atoms with Gasteiger partial charge in [-0.2, -0.15) is 5.06 Å². The summed E-state index contributed by atoms with van der Waals surface area (Å²) in [6.45, 7) is 10.3. The van der Waals surface area contributed by atoms with Crippen LogP contribution in [-0.2, 0) is 0 Å². The lowest BCUT2D eigenvalue weighted by molar-refractivity contribution is -0.0901. The van der Waals surface area contributed by atoms with Crippen molar-refractivity contribution in [3.63, 3.8) is 0 Å². The number of hydrogen-bond donors (Lipinski definition) is 1. The molecule has 10 heavy (non-hydrogen) atoms. The van der Waals surface area contributed by atoms with E-state index in [4.69, 9.17) is 11.8 Å². The second-order valence-corrected chi connectivity index (χ2v) is 2.19. The molecule has 0 saturated heterocycles. The maximum absolute atomic E-state index is 9.01. The van der Waals surface area contributed by atoms with E-state index in [1.165, 1.54) is 5.06 Å².